The second kappa shape index (κ2) is 2.71. The first-order chi connectivity index (χ1) is 6.16. The lowest BCUT2D eigenvalue weighted by Crippen LogP contribution is -2.37. The maximum Gasteiger partial charge on any atom is 0.221 e. The Kier molecular flexibility index (Phi) is 1.77. The van der Waals surface area contributed by atoms with E-state index in [4.69, 9.17) is 5.26 Å². The van der Waals surface area contributed by atoms with Crippen LogP contribution in [0.5, 0.6) is 0 Å². The summed E-state index contributed by atoms with van der Waals surface area (Å²) >= 11 is 0. The molecule has 70 valence electrons. The predicted molar refractivity (Wildman–Crippen MR) is 46.7 cm³/mol. The maximum atomic E-state index is 11.2. The summed E-state index contributed by atoms with van der Waals surface area (Å²) in [6.45, 7) is 2.87. The maximum absolute atomic E-state index is 11.2. The van der Waals surface area contributed by atoms with Gasteiger partial charge in [-0.15, -0.1) is 0 Å². The number of hydrogen-bond donors (Lipinski definition) is 2. The molecule has 0 radical (unpaired) electrons. The molecule has 0 saturated carbocycles. The lowest BCUT2D eigenvalue weighted by Gasteiger charge is -2.23. The van der Waals surface area contributed by atoms with Gasteiger partial charge < -0.3 is 10.6 Å². The van der Waals surface area contributed by atoms with Gasteiger partial charge in [0, 0.05) is 24.4 Å². The quantitative estimate of drug-likeness (QED) is 0.539. The molecule has 0 aromatic heterocycles. The van der Waals surface area contributed by atoms with Crippen molar-refractivity contribution in [3.05, 3.63) is 0 Å². The van der Waals surface area contributed by atoms with E-state index < -0.39 is 0 Å². The van der Waals surface area contributed by atoms with Crippen LogP contribution in [-0.4, -0.2) is 24.5 Å². The first-order valence-corrected chi connectivity index (χ1v) is 4.59. The van der Waals surface area contributed by atoms with Gasteiger partial charge in [0.05, 0.1) is 6.07 Å². The lowest BCUT2D eigenvalue weighted by molar-refractivity contribution is -0.119. The van der Waals surface area contributed by atoms with Gasteiger partial charge in [-0.3, -0.25) is 4.79 Å². The molecule has 0 bridgehead atoms. The highest BCUT2D eigenvalue weighted by Gasteiger charge is 2.50. The summed E-state index contributed by atoms with van der Waals surface area (Å²) in [5.74, 6) is 0.0162. The van der Waals surface area contributed by atoms with Crippen LogP contribution in [-0.2, 0) is 4.79 Å². The van der Waals surface area contributed by atoms with Crippen LogP contribution >= 0.6 is 0 Å². The molecule has 2 N–H and O–H groups in total. The number of nitrogens with zero attached hydrogens (tertiary/aromatic N) is 1. The smallest absolute Gasteiger partial charge is 0.221 e. The van der Waals surface area contributed by atoms with Gasteiger partial charge in [-0.1, -0.05) is 0 Å². The Labute approximate surface area is 77.3 Å². The van der Waals surface area contributed by atoms with Gasteiger partial charge in [0.2, 0.25) is 5.91 Å². The van der Waals surface area contributed by atoms with Gasteiger partial charge in [-0.2, -0.15) is 5.26 Å². The summed E-state index contributed by atoms with van der Waals surface area (Å²) < 4.78 is 0. The standard InChI is InChI=1S/C9H13N3O/c1-6-2-9(5-11-6)3-8(13)12-7(9)4-10/h6-7,11H,2-3,5H2,1H3,(H,12,13). The minimum atomic E-state index is -0.294. The van der Waals surface area contributed by atoms with E-state index in [1.165, 1.54) is 0 Å². The van der Waals surface area contributed by atoms with Gasteiger partial charge in [-0.05, 0) is 13.3 Å². The van der Waals surface area contributed by atoms with E-state index in [0.29, 0.717) is 12.5 Å². The van der Waals surface area contributed by atoms with Crippen molar-refractivity contribution < 1.29 is 4.79 Å². The Hall–Kier alpha value is -1.08. The Bertz CT molecular complexity index is 283. The van der Waals surface area contributed by atoms with E-state index in [2.05, 4.69) is 23.6 Å². The van der Waals surface area contributed by atoms with Gasteiger partial charge in [0.15, 0.2) is 0 Å². The van der Waals surface area contributed by atoms with Gasteiger partial charge in [-0.25, -0.2) is 0 Å². The summed E-state index contributed by atoms with van der Waals surface area (Å²) in [4.78, 5) is 11.2. The molecule has 2 rings (SSSR count). The van der Waals surface area contributed by atoms with Gasteiger partial charge in [0.1, 0.15) is 6.04 Å². The molecule has 0 aromatic carbocycles. The monoisotopic (exact) mass is 179 g/mol. The van der Waals surface area contributed by atoms with Crippen LogP contribution in [0.3, 0.4) is 0 Å². The van der Waals surface area contributed by atoms with Crippen molar-refractivity contribution in [1.82, 2.24) is 10.6 Å². The van der Waals surface area contributed by atoms with E-state index in [9.17, 15) is 4.79 Å². The molecule has 2 heterocycles. The van der Waals surface area contributed by atoms with Crippen molar-refractivity contribution in [2.45, 2.75) is 31.8 Å². The second-order valence-electron chi connectivity index (χ2n) is 4.15. The van der Waals surface area contributed by atoms with Crippen molar-refractivity contribution in [1.29, 1.82) is 5.26 Å². The van der Waals surface area contributed by atoms with E-state index >= 15 is 0 Å². The summed E-state index contributed by atoms with van der Waals surface area (Å²) in [5, 5.41) is 14.9. The van der Waals surface area contributed by atoms with Crippen LogP contribution in [0.25, 0.3) is 0 Å². The Morgan fingerprint density at radius 1 is 1.69 bits per heavy atom. The van der Waals surface area contributed by atoms with Crippen LogP contribution < -0.4 is 10.6 Å². The number of nitriles is 1. The molecule has 1 amide bonds. The van der Waals surface area contributed by atoms with Crippen LogP contribution in [0.1, 0.15) is 19.8 Å². The van der Waals surface area contributed by atoms with Crippen molar-refractivity contribution in [3.8, 4) is 6.07 Å². The lowest BCUT2D eigenvalue weighted by atomic mass is 9.79. The normalized spacial score (nSPS) is 43.5. The van der Waals surface area contributed by atoms with Crippen molar-refractivity contribution >= 4 is 5.91 Å². The Balaban J connectivity index is 2.22. The molecule has 1 spiro atoms. The summed E-state index contributed by atoms with van der Waals surface area (Å²) in [5.41, 5.74) is -0.134. The topological polar surface area (TPSA) is 64.9 Å². The molecule has 2 aliphatic heterocycles. The zero-order valence-corrected chi connectivity index (χ0v) is 7.63. The van der Waals surface area contributed by atoms with Crippen molar-refractivity contribution in [2.75, 3.05) is 6.54 Å². The fourth-order valence-electron chi connectivity index (χ4n) is 2.44. The molecule has 0 aromatic rings. The number of hydrogen-bond acceptors (Lipinski definition) is 3. The molecule has 2 aliphatic rings. The molecule has 4 nitrogen and oxygen atoms in total. The molecule has 2 saturated heterocycles. The van der Waals surface area contributed by atoms with Crippen LogP contribution in [0.15, 0.2) is 0 Å². The van der Waals surface area contributed by atoms with E-state index in [-0.39, 0.29) is 17.4 Å². The minimum Gasteiger partial charge on any atom is -0.340 e. The number of carbonyl (C=O) groups excluding carboxylic acids is 1. The number of nitrogens with one attached hydrogen (secondary N) is 2. The zero-order valence-electron chi connectivity index (χ0n) is 7.63. The minimum absolute atomic E-state index is 0.0162. The SMILES string of the molecule is CC1CC2(CN1)CC(=O)NC2C#N. The van der Waals surface area contributed by atoms with Gasteiger partial charge >= 0.3 is 0 Å². The third kappa shape index (κ3) is 1.20. The first kappa shape index (κ1) is 8.52. The first-order valence-electron chi connectivity index (χ1n) is 4.59. The van der Waals surface area contributed by atoms with Crippen LogP contribution in [0.4, 0.5) is 0 Å². The third-order valence-corrected chi connectivity index (χ3v) is 3.07. The molecule has 13 heavy (non-hydrogen) atoms. The van der Waals surface area contributed by atoms with Crippen molar-refractivity contribution in [3.63, 3.8) is 0 Å². The molecule has 3 atom stereocenters. The fourth-order valence-corrected chi connectivity index (χ4v) is 2.44. The van der Waals surface area contributed by atoms with E-state index in [1.807, 2.05) is 0 Å². The van der Waals surface area contributed by atoms with E-state index in [1.54, 1.807) is 0 Å². The highest BCUT2D eigenvalue weighted by molar-refractivity contribution is 5.80. The fraction of sp³-hybridized carbons (Fsp3) is 0.778. The highest BCUT2D eigenvalue weighted by Crippen LogP contribution is 2.39. The largest absolute Gasteiger partial charge is 0.340 e. The highest BCUT2D eigenvalue weighted by atomic mass is 16.2. The summed E-state index contributed by atoms with van der Waals surface area (Å²) in [6.07, 6.45) is 1.42. The zero-order chi connectivity index (χ0) is 9.47. The average molecular weight is 179 g/mol. The van der Waals surface area contributed by atoms with E-state index in [0.717, 1.165) is 13.0 Å². The second-order valence-corrected chi connectivity index (χ2v) is 4.15. The number of amides is 1. The average Bonchev–Trinajstić information content (AvgIpc) is 2.57. The number of rotatable bonds is 0. The molecule has 3 unspecified atom stereocenters. The molecule has 4 heteroatoms. The number of carbonyl (C=O) groups is 1. The molecule has 2 fully saturated rings. The summed E-state index contributed by atoms with van der Waals surface area (Å²) in [6, 6.07) is 2.30. The summed E-state index contributed by atoms with van der Waals surface area (Å²) in [7, 11) is 0. The Morgan fingerprint density at radius 2 is 2.46 bits per heavy atom. The molecular weight excluding hydrogens is 166 g/mol. The van der Waals surface area contributed by atoms with Crippen LogP contribution in [0.2, 0.25) is 0 Å². The Morgan fingerprint density at radius 3 is 3.00 bits per heavy atom. The van der Waals surface area contributed by atoms with Gasteiger partial charge in [0.25, 0.3) is 0 Å². The van der Waals surface area contributed by atoms with Crippen molar-refractivity contribution in [2.24, 2.45) is 5.41 Å². The molecule has 0 aliphatic carbocycles. The predicted octanol–water partition coefficient (Wildman–Crippen LogP) is -0.233. The third-order valence-electron chi connectivity index (χ3n) is 3.07. The van der Waals surface area contributed by atoms with Crippen LogP contribution in [0, 0.1) is 16.7 Å². The molecular formula is C9H13N3O.